The zero-order chi connectivity index (χ0) is 14.0. The molecule has 1 heterocycles. The highest BCUT2D eigenvalue weighted by Crippen LogP contribution is 2.31. The molecule has 1 unspecified atom stereocenters. The van der Waals surface area contributed by atoms with Crippen molar-refractivity contribution < 1.29 is 4.74 Å². The predicted molar refractivity (Wildman–Crippen MR) is 82.7 cm³/mol. The Kier molecular flexibility index (Phi) is 4.42. The summed E-state index contributed by atoms with van der Waals surface area (Å²) in [6.07, 6.45) is 2.14. The smallest absolute Gasteiger partial charge is 0.264 e. The Bertz CT molecular complexity index is 473. The van der Waals surface area contributed by atoms with E-state index in [0.717, 1.165) is 25.1 Å². The lowest BCUT2D eigenvalue weighted by Gasteiger charge is -2.28. The molecule has 0 saturated heterocycles. The summed E-state index contributed by atoms with van der Waals surface area (Å²) in [5, 5.41) is 0.565. The maximum atomic E-state index is 5.86. The van der Waals surface area contributed by atoms with Crippen LogP contribution in [-0.2, 0) is 6.42 Å². The van der Waals surface area contributed by atoms with E-state index in [9.17, 15) is 0 Å². The van der Waals surface area contributed by atoms with Gasteiger partial charge < -0.3 is 14.5 Å². The molecule has 0 radical (unpaired) electrons. The SMILES string of the molecule is CC(c1cccc2c1CCCN(C)C(=S)O2)N(C)C. The van der Waals surface area contributed by atoms with Crippen molar-refractivity contribution in [2.24, 2.45) is 0 Å². The summed E-state index contributed by atoms with van der Waals surface area (Å²) in [7, 11) is 6.19. The molecule has 2 rings (SSSR count). The molecule has 0 bridgehead atoms. The molecule has 0 aliphatic carbocycles. The quantitative estimate of drug-likeness (QED) is 0.773. The van der Waals surface area contributed by atoms with Gasteiger partial charge in [-0.3, -0.25) is 0 Å². The van der Waals surface area contributed by atoms with E-state index in [2.05, 4.69) is 38.1 Å². The molecular formula is C15H22N2OS. The summed E-state index contributed by atoms with van der Waals surface area (Å²) in [6.45, 7) is 3.17. The van der Waals surface area contributed by atoms with E-state index in [1.54, 1.807) is 0 Å². The molecule has 104 valence electrons. The van der Waals surface area contributed by atoms with Crippen LogP contribution < -0.4 is 4.74 Å². The summed E-state index contributed by atoms with van der Waals surface area (Å²) >= 11 is 5.31. The summed E-state index contributed by atoms with van der Waals surface area (Å²) in [6, 6.07) is 6.65. The lowest BCUT2D eigenvalue weighted by molar-refractivity contribution is 0.316. The van der Waals surface area contributed by atoms with Crippen LogP contribution in [0.2, 0.25) is 0 Å². The molecule has 0 fully saturated rings. The molecule has 3 nitrogen and oxygen atoms in total. The van der Waals surface area contributed by atoms with E-state index in [1.807, 2.05) is 18.0 Å². The zero-order valence-electron chi connectivity index (χ0n) is 12.1. The highest BCUT2D eigenvalue weighted by molar-refractivity contribution is 7.80. The Morgan fingerprint density at radius 3 is 2.79 bits per heavy atom. The van der Waals surface area contributed by atoms with Gasteiger partial charge in [0.25, 0.3) is 5.17 Å². The van der Waals surface area contributed by atoms with Crippen LogP contribution in [-0.4, -0.2) is 42.7 Å². The molecule has 0 amide bonds. The molecule has 1 aromatic rings. The number of thiocarbonyl (C=S) groups is 1. The number of benzene rings is 1. The van der Waals surface area contributed by atoms with Crippen LogP contribution in [0, 0.1) is 0 Å². The van der Waals surface area contributed by atoms with Crippen LogP contribution in [0.4, 0.5) is 0 Å². The van der Waals surface area contributed by atoms with E-state index in [4.69, 9.17) is 17.0 Å². The maximum absolute atomic E-state index is 5.86. The van der Waals surface area contributed by atoms with Gasteiger partial charge in [0.1, 0.15) is 5.75 Å². The Labute approximate surface area is 121 Å². The molecule has 0 aromatic heterocycles. The topological polar surface area (TPSA) is 15.7 Å². The van der Waals surface area contributed by atoms with Crippen LogP contribution in [0.15, 0.2) is 18.2 Å². The first-order chi connectivity index (χ1) is 9.00. The molecule has 4 heteroatoms. The van der Waals surface area contributed by atoms with Crippen LogP contribution in [0.3, 0.4) is 0 Å². The van der Waals surface area contributed by atoms with Crippen molar-refractivity contribution in [3.05, 3.63) is 29.3 Å². The van der Waals surface area contributed by atoms with Crippen LogP contribution >= 0.6 is 12.2 Å². The second-order valence-corrected chi connectivity index (χ2v) is 5.71. The third-order valence-corrected chi connectivity index (χ3v) is 4.22. The van der Waals surface area contributed by atoms with Crippen molar-refractivity contribution in [1.29, 1.82) is 0 Å². The van der Waals surface area contributed by atoms with E-state index in [1.165, 1.54) is 11.1 Å². The highest BCUT2D eigenvalue weighted by atomic mass is 32.1. The predicted octanol–water partition coefficient (Wildman–Crippen LogP) is 2.85. The maximum Gasteiger partial charge on any atom is 0.264 e. The molecule has 0 saturated carbocycles. The Morgan fingerprint density at radius 2 is 2.11 bits per heavy atom. The van der Waals surface area contributed by atoms with E-state index >= 15 is 0 Å². The standard InChI is InChI=1S/C15H22N2OS/c1-11(16(2)3)12-7-5-9-14-13(12)8-6-10-17(4)15(19)18-14/h5,7,9,11H,6,8,10H2,1-4H3. The minimum Gasteiger partial charge on any atom is -0.431 e. The lowest BCUT2D eigenvalue weighted by Crippen LogP contribution is -2.32. The van der Waals surface area contributed by atoms with Gasteiger partial charge in [-0.15, -0.1) is 0 Å². The van der Waals surface area contributed by atoms with Crippen LogP contribution in [0.25, 0.3) is 0 Å². The molecule has 1 aromatic carbocycles. The first-order valence-corrected chi connectivity index (χ1v) is 7.12. The van der Waals surface area contributed by atoms with Gasteiger partial charge in [-0.1, -0.05) is 12.1 Å². The normalized spacial score (nSPS) is 17.5. The monoisotopic (exact) mass is 278 g/mol. The molecule has 1 atom stereocenters. The van der Waals surface area contributed by atoms with Crippen molar-refractivity contribution >= 4 is 17.4 Å². The molecule has 1 aliphatic heterocycles. The van der Waals surface area contributed by atoms with Gasteiger partial charge in [-0.05, 0) is 63.3 Å². The van der Waals surface area contributed by atoms with Gasteiger partial charge in [0.2, 0.25) is 0 Å². The minimum atomic E-state index is 0.379. The number of hydrogen-bond acceptors (Lipinski definition) is 3. The van der Waals surface area contributed by atoms with E-state index in [0.29, 0.717) is 11.2 Å². The fourth-order valence-corrected chi connectivity index (χ4v) is 2.55. The van der Waals surface area contributed by atoms with Crippen molar-refractivity contribution in [2.75, 3.05) is 27.7 Å². The fourth-order valence-electron chi connectivity index (χ4n) is 2.37. The van der Waals surface area contributed by atoms with Gasteiger partial charge in [-0.2, -0.15) is 0 Å². The van der Waals surface area contributed by atoms with Gasteiger partial charge >= 0.3 is 0 Å². The molecule has 19 heavy (non-hydrogen) atoms. The minimum absolute atomic E-state index is 0.379. The first kappa shape index (κ1) is 14.3. The van der Waals surface area contributed by atoms with E-state index < -0.39 is 0 Å². The summed E-state index contributed by atoms with van der Waals surface area (Å²) in [5.74, 6) is 0.919. The molecule has 1 aliphatic rings. The van der Waals surface area contributed by atoms with Crippen LogP contribution in [0.1, 0.15) is 30.5 Å². The average molecular weight is 278 g/mol. The number of ether oxygens (including phenoxy) is 1. The Balaban J connectivity index is 2.40. The van der Waals surface area contributed by atoms with Gasteiger partial charge in [0.05, 0.1) is 0 Å². The largest absolute Gasteiger partial charge is 0.431 e. The molecule has 0 N–H and O–H groups in total. The summed E-state index contributed by atoms with van der Waals surface area (Å²) < 4.78 is 5.86. The number of hydrogen-bond donors (Lipinski definition) is 0. The van der Waals surface area contributed by atoms with E-state index in [-0.39, 0.29) is 0 Å². The Morgan fingerprint density at radius 1 is 1.37 bits per heavy atom. The average Bonchev–Trinajstić information content (AvgIpc) is 2.37. The third-order valence-electron chi connectivity index (χ3n) is 3.82. The van der Waals surface area contributed by atoms with Crippen molar-refractivity contribution in [3.8, 4) is 5.75 Å². The zero-order valence-corrected chi connectivity index (χ0v) is 13.0. The fraction of sp³-hybridized carbons (Fsp3) is 0.533. The second kappa shape index (κ2) is 5.88. The molecule has 0 spiro atoms. The second-order valence-electron chi connectivity index (χ2n) is 5.36. The molecular weight excluding hydrogens is 256 g/mol. The number of fused-ring (bicyclic) bond motifs is 1. The number of rotatable bonds is 2. The first-order valence-electron chi connectivity index (χ1n) is 6.72. The Hall–Kier alpha value is -1.13. The lowest BCUT2D eigenvalue weighted by atomic mass is 9.96. The third kappa shape index (κ3) is 3.07. The number of nitrogens with zero attached hydrogens (tertiary/aromatic N) is 2. The van der Waals surface area contributed by atoms with Gasteiger partial charge in [0, 0.05) is 19.6 Å². The van der Waals surface area contributed by atoms with Gasteiger partial charge in [-0.25, -0.2) is 0 Å². The van der Waals surface area contributed by atoms with Gasteiger partial charge in [0.15, 0.2) is 0 Å². The van der Waals surface area contributed by atoms with Crippen LogP contribution in [0.5, 0.6) is 5.75 Å². The van der Waals surface area contributed by atoms with Crippen molar-refractivity contribution in [1.82, 2.24) is 9.80 Å². The van der Waals surface area contributed by atoms with Crippen molar-refractivity contribution in [3.63, 3.8) is 0 Å². The summed E-state index contributed by atoms with van der Waals surface area (Å²) in [4.78, 5) is 4.22. The highest BCUT2D eigenvalue weighted by Gasteiger charge is 2.20. The van der Waals surface area contributed by atoms with Crippen molar-refractivity contribution in [2.45, 2.75) is 25.8 Å². The summed E-state index contributed by atoms with van der Waals surface area (Å²) in [5.41, 5.74) is 2.65.